The number of hydrogen-bond acceptors (Lipinski definition) is 3. The van der Waals surface area contributed by atoms with Crippen molar-refractivity contribution in [2.45, 2.75) is 32.2 Å². The predicted molar refractivity (Wildman–Crippen MR) is 76.9 cm³/mol. The number of hydrogen-bond donors (Lipinski definition) is 2. The van der Waals surface area contributed by atoms with E-state index in [9.17, 15) is 4.79 Å². The SMILES string of the molecule is CCCOCCCNC(=O)[C@H](N)Cc1ccccc1. The molecule has 0 aliphatic rings. The molecular formula is C15H24N2O2. The van der Waals surface area contributed by atoms with Crippen LogP contribution in [0.3, 0.4) is 0 Å². The predicted octanol–water partition coefficient (Wildman–Crippen LogP) is 1.49. The van der Waals surface area contributed by atoms with E-state index in [1.54, 1.807) is 0 Å². The second kappa shape index (κ2) is 9.53. The highest BCUT2D eigenvalue weighted by atomic mass is 16.5. The molecule has 0 aliphatic carbocycles. The lowest BCUT2D eigenvalue weighted by Crippen LogP contribution is -2.42. The number of rotatable bonds is 9. The third-order valence-corrected chi connectivity index (χ3v) is 2.75. The molecule has 1 atom stereocenters. The molecule has 0 heterocycles. The van der Waals surface area contributed by atoms with Gasteiger partial charge in [-0.1, -0.05) is 37.3 Å². The normalized spacial score (nSPS) is 12.1. The minimum absolute atomic E-state index is 0.0978. The maximum atomic E-state index is 11.8. The molecule has 0 unspecified atom stereocenters. The van der Waals surface area contributed by atoms with E-state index in [2.05, 4.69) is 12.2 Å². The number of amides is 1. The Morgan fingerprint density at radius 1 is 1.32 bits per heavy atom. The van der Waals surface area contributed by atoms with Crippen molar-refractivity contribution in [2.75, 3.05) is 19.8 Å². The third kappa shape index (κ3) is 6.94. The van der Waals surface area contributed by atoms with Gasteiger partial charge in [0.1, 0.15) is 0 Å². The van der Waals surface area contributed by atoms with Crippen LogP contribution in [-0.4, -0.2) is 31.7 Å². The van der Waals surface area contributed by atoms with Gasteiger partial charge in [-0.3, -0.25) is 4.79 Å². The Morgan fingerprint density at radius 2 is 2.05 bits per heavy atom. The van der Waals surface area contributed by atoms with Gasteiger partial charge < -0.3 is 15.8 Å². The molecule has 0 bridgehead atoms. The Labute approximate surface area is 115 Å². The van der Waals surface area contributed by atoms with Gasteiger partial charge in [0.2, 0.25) is 5.91 Å². The van der Waals surface area contributed by atoms with Crippen molar-refractivity contribution in [2.24, 2.45) is 5.73 Å². The molecule has 1 aromatic rings. The number of nitrogens with one attached hydrogen (secondary N) is 1. The molecule has 0 fully saturated rings. The lowest BCUT2D eigenvalue weighted by Gasteiger charge is -2.12. The van der Waals surface area contributed by atoms with E-state index in [0.29, 0.717) is 19.6 Å². The maximum absolute atomic E-state index is 11.8. The largest absolute Gasteiger partial charge is 0.381 e. The van der Waals surface area contributed by atoms with Crippen LogP contribution in [0.4, 0.5) is 0 Å². The average molecular weight is 264 g/mol. The minimum Gasteiger partial charge on any atom is -0.381 e. The fraction of sp³-hybridized carbons (Fsp3) is 0.533. The Balaban J connectivity index is 2.15. The summed E-state index contributed by atoms with van der Waals surface area (Å²) >= 11 is 0. The van der Waals surface area contributed by atoms with Gasteiger partial charge in [0, 0.05) is 19.8 Å². The summed E-state index contributed by atoms with van der Waals surface area (Å²) in [6.07, 6.45) is 2.41. The standard InChI is InChI=1S/C15H24N2O2/c1-2-10-19-11-6-9-17-15(18)14(16)12-13-7-4-3-5-8-13/h3-5,7-8,14H,2,6,9-12,16H2,1H3,(H,17,18)/t14-/m1/s1. The topological polar surface area (TPSA) is 64.3 Å². The maximum Gasteiger partial charge on any atom is 0.237 e. The van der Waals surface area contributed by atoms with Crippen molar-refractivity contribution < 1.29 is 9.53 Å². The van der Waals surface area contributed by atoms with Gasteiger partial charge in [-0.2, -0.15) is 0 Å². The molecular weight excluding hydrogens is 240 g/mol. The summed E-state index contributed by atoms with van der Waals surface area (Å²) < 4.78 is 5.34. The van der Waals surface area contributed by atoms with Gasteiger partial charge >= 0.3 is 0 Å². The van der Waals surface area contributed by atoms with Crippen LogP contribution in [0.15, 0.2) is 30.3 Å². The molecule has 19 heavy (non-hydrogen) atoms. The number of benzene rings is 1. The first-order valence-corrected chi connectivity index (χ1v) is 6.89. The van der Waals surface area contributed by atoms with Crippen molar-refractivity contribution in [3.63, 3.8) is 0 Å². The number of carbonyl (C=O) groups excluding carboxylic acids is 1. The average Bonchev–Trinajstić information content (AvgIpc) is 2.43. The van der Waals surface area contributed by atoms with Gasteiger partial charge in [-0.15, -0.1) is 0 Å². The van der Waals surface area contributed by atoms with Crippen molar-refractivity contribution >= 4 is 5.91 Å². The lowest BCUT2D eigenvalue weighted by molar-refractivity contribution is -0.122. The van der Waals surface area contributed by atoms with Crippen molar-refractivity contribution in [3.05, 3.63) is 35.9 Å². The Bertz CT molecular complexity index is 354. The van der Waals surface area contributed by atoms with Gasteiger partial charge in [0.15, 0.2) is 0 Å². The first-order valence-electron chi connectivity index (χ1n) is 6.89. The van der Waals surface area contributed by atoms with Crippen LogP contribution in [-0.2, 0) is 16.0 Å². The fourth-order valence-electron chi connectivity index (χ4n) is 1.72. The van der Waals surface area contributed by atoms with Crippen LogP contribution >= 0.6 is 0 Å². The molecule has 1 aromatic carbocycles. The zero-order valence-corrected chi connectivity index (χ0v) is 11.6. The van der Waals surface area contributed by atoms with Crippen molar-refractivity contribution in [1.29, 1.82) is 0 Å². The summed E-state index contributed by atoms with van der Waals surface area (Å²) in [6, 6.07) is 9.32. The van der Waals surface area contributed by atoms with E-state index in [1.165, 1.54) is 0 Å². The minimum atomic E-state index is -0.487. The second-order valence-corrected chi connectivity index (χ2v) is 4.55. The molecule has 0 saturated carbocycles. The first kappa shape index (κ1) is 15.7. The van der Waals surface area contributed by atoms with Gasteiger partial charge in [0.05, 0.1) is 6.04 Å². The smallest absolute Gasteiger partial charge is 0.237 e. The highest BCUT2D eigenvalue weighted by Gasteiger charge is 2.12. The summed E-state index contributed by atoms with van der Waals surface area (Å²) in [5.74, 6) is -0.0978. The first-order chi connectivity index (χ1) is 9.24. The van der Waals surface area contributed by atoms with Crippen molar-refractivity contribution in [1.82, 2.24) is 5.32 Å². The van der Waals surface area contributed by atoms with Crippen LogP contribution in [0.2, 0.25) is 0 Å². The zero-order valence-electron chi connectivity index (χ0n) is 11.6. The number of nitrogens with two attached hydrogens (primary N) is 1. The van der Waals surface area contributed by atoms with E-state index >= 15 is 0 Å². The van der Waals surface area contributed by atoms with E-state index in [0.717, 1.165) is 25.0 Å². The highest BCUT2D eigenvalue weighted by molar-refractivity contribution is 5.81. The van der Waals surface area contributed by atoms with Gasteiger partial charge in [0.25, 0.3) is 0 Å². The van der Waals surface area contributed by atoms with Gasteiger partial charge in [-0.25, -0.2) is 0 Å². The molecule has 0 aliphatic heterocycles. The third-order valence-electron chi connectivity index (χ3n) is 2.75. The Hall–Kier alpha value is -1.39. The molecule has 0 saturated heterocycles. The van der Waals surface area contributed by atoms with E-state index in [-0.39, 0.29) is 5.91 Å². The Morgan fingerprint density at radius 3 is 2.74 bits per heavy atom. The quantitative estimate of drug-likeness (QED) is 0.664. The molecule has 3 N–H and O–H groups in total. The molecule has 1 rings (SSSR count). The lowest BCUT2D eigenvalue weighted by atomic mass is 10.1. The zero-order chi connectivity index (χ0) is 13.9. The summed E-state index contributed by atoms with van der Waals surface area (Å²) in [6.45, 7) is 4.15. The van der Waals surface area contributed by atoms with Crippen LogP contribution in [0.25, 0.3) is 0 Å². The summed E-state index contributed by atoms with van der Waals surface area (Å²) in [4.78, 5) is 11.8. The summed E-state index contributed by atoms with van der Waals surface area (Å²) in [5, 5.41) is 2.84. The Kier molecular flexibility index (Phi) is 7.86. The van der Waals surface area contributed by atoms with Crippen LogP contribution < -0.4 is 11.1 Å². The van der Waals surface area contributed by atoms with E-state index < -0.39 is 6.04 Å². The van der Waals surface area contributed by atoms with Crippen LogP contribution in [0.5, 0.6) is 0 Å². The summed E-state index contributed by atoms with van der Waals surface area (Å²) in [7, 11) is 0. The fourth-order valence-corrected chi connectivity index (χ4v) is 1.72. The molecule has 106 valence electrons. The van der Waals surface area contributed by atoms with Crippen LogP contribution in [0, 0.1) is 0 Å². The van der Waals surface area contributed by atoms with Crippen molar-refractivity contribution in [3.8, 4) is 0 Å². The molecule has 4 nitrogen and oxygen atoms in total. The molecule has 4 heteroatoms. The summed E-state index contributed by atoms with van der Waals surface area (Å²) in [5.41, 5.74) is 6.95. The van der Waals surface area contributed by atoms with Gasteiger partial charge in [-0.05, 0) is 24.8 Å². The highest BCUT2D eigenvalue weighted by Crippen LogP contribution is 2.01. The second-order valence-electron chi connectivity index (χ2n) is 4.55. The monoisotopic (exact) mass is 264 g/mol. The van der Waals surface area contributed by atoms with Crippen LogP contribution in [0.1, 0.15) is 25.3 Å². The molecule has 0 spiro atoms. The molecule has 0 aromatic heterocycles. The molecule has 1 amide bonds. The van der Waals surface area contributed by atoms with E-state index in [1.807, 2.05) is 30.3 Å². The van der Waals surface area contributed by atoms with E-state index in [4.69, 9.17) is 10.5 Å². The number of ether oxygens (including phenoxy) is 1. The number of carbonyl (C=O) groups is 1. The molecule has 0 radical (unpaired) electrons.